The summed E-state index contributed by atoms with van der Waals surface area (Å²) in [6.07, 6.45) is 2.10. The summed E-state index contributed by atoms with van der Waals surface area (Å²) in [7, 11) is -3.88. The van der Waals surface area contributed by atoms with Crippen LogP contribution in [-0.4, -0.2) is 13.3 Å². The maximum atomic E-state index is 12.0. The van der Waals surface area contributed by atoms with Gasteiger partial charge >= 0.3 is 10.1 Å². The van der Waals surface area contributed by atoms with E-state index < -0.39 is 15.0 Å². The Labute approximate surface area is 121 Å². The highest BCUT2D eigenvalue weighted by Gasteiger charge is 2.15. The summed E-state index contributed by atoms with van der Waals surface area (Å²) in [5.74, 6) is 0.136. The van der Waals surface area contributed by atoms with Crippen molar-refractivity contribution >= 4 is 16.2 Å². The molecule has 0 atom stereocenters. The van der Waals surface area contributed by atoms with Gasteiger partial charge < -0.3 is 4.18 Å². The van der Waals surface area contributed by atoms with E-state index in [0.29, 0.717) is 5.56 Å². The average Bonchev–Trinajstić information content (AvgIpc) is 2.47. The maximum absolute atomic E-state index is 12.0. The molecule has 0 saturated carbocycles. The Kier molecular flexibility index (Phi) is 4.34. The fraction of sp³-hybridized carbons (Fsp3) is 0. The van der Waals surface area contributed by atoms with Crippen LogP contribution in [0.2, 0.25) is 0 Å². The van der Waals surface area contributed by atoms with E-state index in [9.17, 15) is 18.5 Å². The average molecular weight is 305 g/mol. The highest BCUT2D eigenvalue weighted by atomic mass is 32.2. The van der Waals surface area contributed by atoms with Gasteiger partial charge in [-0.1, -0.05) is 30.3 Å². The van der Waals surface area contributed by atoms with Crippen LogP contribution in [0.25, 0.3) is 6.08 Å². The zero-order chi connectivity index (χ0) is 15.3. The quantitative estimate of drug-likeness (QED) is 0.481. The van der Waals surface area contributed by atoms with E-state index in [4.69, 9.17) is 4.18 Å². The van der Waals surface area contributed by atoms with Crippen LogP contribution in [-0.2, 0) is 10.1 Å². The number of rotatable bonds is 5. The van der Waals surface area contributed by atoms with Crippen molar-refractivity contribution in [3.05, 3.63) is 76.5 Å². The van der Waals surface area contributed by atoms with Crippen molar-refractivity contribution in [3.63, 3.8) is 0 Å². The van der Waals surface area contributed by atoms with Crippen molar-refractivity contribution in [2.24, 2.45) is 0 Å². The summed E-state index contributed by atoms with van der Waals surface area (Å²) in [6.45, 7) is 0. The molecule has 21 heavy (non-hydrogen) atoms. The summed E-state index contributed by atoms with van der Waals surface area (Å²) >= 11 is 0. The molecule has 0 amide bonds. The minimum absolute atomic E-state index is 0.0577. The van der Waals surface area contributed by atoms with Gasteiger partial charge in [0.25, 0.3) is 0 Å². The molecule has 0 aliphatic carbocycles. The molecule has 2 aromatic rings. The fourth-order valence-corrected chi connectivity index (χ4v) is 2.49. The van der Waals surface area contributed by atoms with E-state index in [1.165, 1.54) is 42.5 Å². The van der Waals surface area contributed by atoms with E-state index in [0.717, 1.165) is 6.20 Å². The van der Waals surface area contributed by atoms with Gasteiger partial charge in [-0.15, -0.1) is 0 Å². The summed E-state index contributed by atoms with van der Waals surface area (Å²) in [5.41, 5.74) is 0.566. The molecular weight excluding hydrogens is 294 g/mol. The maximum Gasteiger partial charge on any atom is 0.339 e. The van der Waals surface area contributed by atoms with E-state index in [-0.39, 0.29) is 10.6 Å². The molecule has 0 heterocycles. The number of benzene rings is 2. The Morgan fingerprint density at radius 2 is 1.62 bits per heavy atom. The highest BCUT2D eigenvalue weighted by molar-refractivity contribution is 7.87. The van der Waals surface area contributed by atoms with Crippen LogP contribution >= 0.6 is 0 Å². The molecule has 108 valence electrons. The monoisotopic (exact) mass is 305 g/mol. The van der Waals surface area contributed by atoms with Crippen LogP contribution < -0.4 is 4.18 Å². The fourth-order valence-electron chi connectivity index (χ4n) is 1.54. The third-order valence-corrected chi connectivity index (χ3v) is 3.77. The second kappa shape index (κ2) is 6.19. The SMILES string of the molecule is O=[N+]([O-])C=Cc1ccc(OS(=O)(=O)c2ccccc2)cc1. The molecule has 0 N–H and O–H groups in total. The summed E-state index contributed by atoms with van der Waals surface area (Å²) in [5, 5.41) is 10.2. The summed E-state index contributed by atoms with van der Waals surface area (Å²) in [6, 6.07) is 13.7. The third-order valence-electron chi connectivity index (χ3n) is 2.51. The second-order valence-corrected chi connectivity index (χ2v) is 5.57. The number of hydrogen-bond acceptors (Lipinski definition) is 5. The largest absolute Gasteiger partial charge is 0.379 e. The van der Waals surface area contributed by atoms with Gasteiger partial charge in [-0.05, 0) is 29.8 Å². The number of nitro groups is 1. The van der Waals surface area contributed by atoms with Crippen LogP contribution in [0, 0.1) is 10.1 Å². The Morgan fingerprint density at radius 1 is 1.00 bits per heavy atom. The minimum atomic E-state index is -3.88. The van der Waals surface area contributed by atoms with E-state index in [2.05, 4.69) is 0 Å². The lowest BCUT2D eigenvalue weighted by molar-refractivity contribution is -0.400. The zero-order valence-electron chi connectivity index (χ0n) is 10.7. The molecular formula is C14H11NO5S. The lowest BCUT2D eigenvalue weighted by Gasteiger charge is -2.06. The first kappa shape index (κ1) is 14.7. The lowest BCUT2D eigenvalue weighted by atomic mass is 10.2. The standard InChI is InChI=1S/C14H11NO5S/c16-15(17)11-10-12-6-8-13(9-7-12)20-21(18,19)14-4-2-1-3-5-14/h1-11H. The Bertz CT molecular complexity index is 752. The molecule has 0 spiro atoms. The first-order valence-electron chi connectivity index (χ1n) is 5.89. The lowest BCUT2D eigenvalue weighted by Crippen LogP contribution is -2.09. The van der Waals surface area contributed by atoms with Crippen LogP contribution in [0.5, 0.6) is 5.75 Å². The van der Waals surface area contributed by atoms with Gasteiger partial charge in [0.2, 0.25) is 6.20 Å². The molecule has 0 saturated heterocycles. The molecule has 0 bridgehead atoms. The first-order chi connectivity index (χ1) is 9.97. The van der Waals surface area contributed by atoms with E-state index >= 15 is 0 Å². The van der Waals surface area contributed by atoms with Crippen molar-refractivity contribution < 1.29 is 17.5 Å². The Morgan fingerprint density at radius 3 is 2.19 bits per heavy atom. The van der Waals surface area contributed by atoms with Crippen LogP contribution in [0.1, 0.15) is 5.56 Å². The first-order valence-corrected chi connectivity index (χ1v) is 7.29. The van der Waals surface area contributed by atoms with Crippen molar-refractivity contribution in [2.75, 3.05) is 0 Å². The van der Waals surface area contributed by atoms with Gasteiger partial charge in [-0.25, -0.2) is 0 Å². The molecule has 6 nitrogen and oxygen atoms in total. The molecule has 7 heteroatoms. The predicted molar refractivity (Wildman–Crippen MR) is 76.7 cm³/mol. The van der Waals surface area contributed by atoms with Gasteiger partial charge in [-0.2, -0.15) is 8.42 Å². The Hall–Kier alpha value is -2.67. The zero-order valence-corrected chi connectivity index (χ0v) is 11.6. The van der Waals surface area contributed by atoms with Gasteiger partial charge in [0, 0.05) is 6.08 Å². The molecule has 0 aromatic heterocycles. The molecule has 0 aliphatic heterocycles. The van der Waals surface area contributed by atoms with Crippen molar-refractivity contribution in [3.8, 4) is 5.75 Å². The molecule has 2 rings (SSSR count). The van der Waals surface area contributed by atoms with Gasteiger partial charge in [0.15, 0.2) is 0 Å². The smallest absolute Gasteiger partial charge is 0.339 e. The van der Waals surface area contributed by atoms with Gasteiger partial charge in [0.05, 0.1) is 4.92 Å². The van der Waals surface area contributed by atoms with E-state index in [1.807, 2.05) is 0 Å². The van der Waals surface area contributed by atoms with Crippen molar-refractivity contribution in [1.82, 2.24) is 0 Å². The van der Waals surface area contributed by atoms with Crippen molar-refractivity contribution in [2.45, 2.75) is 4.90 Å². The van der Waals surface area contributed by atoms with Crippen molar-refractivity contribution in [1.29, 1.82) is 0 Å². The highest BCUT2D eigenvalue weighted by Crippen LogP contribution is 2.19. The van der Waals surface area contributed by atoms with Gasteiger partial charge in [-0.3, -0.25) is 10.1 Å². The van der Waals surface area contributed by atoms with Crippen LogP contribution in [0.4, 0.5) is 0 Å². The predicted octanol–water partition coefficient (Wildman–Crippen LogP) is 2.70. The normalized spacial score (nSPS) is 11.4. The number of hydrogen-bond donors (Lipinski definition) is 0. The topological polar surface area (TPSA) is 86.5 Å². The molecule has 0 radical (unpaired) electrons. The van der Waals surface area contributed by atoms with Gasteiger partial charge in [0.1, 0.15) is 10.6 Å². The molecule has 0 unspecified atom stereocenters. The second-order valence-electron chi connectivity index (χ2n) is 4.02. The van der Waals surface area contributed by atoms with Crippen LogP contribution in [0.3, 0.4) is 0 Å². The van der Waals surface area contributed by atoms with Crippen LogP contribution in [0.15, 0.2) is 65.7 Å². The van der Waals surface area contributed by atoms with E-state index in [1.54, 1.807) is 18.2 Å². The summed E-state index contributed by atoms with van der Waals surface area (Å²) in [4.78, 5) is 9.68. The molecule has 2 aromatic carbocycles. The minimum Gasteiger partial charge on any atom is -0.379 e. The third kappa shape index (κ3) is 4.15. The summed E-state index contributed by atoms with van der Waals surface area (Å²) < 4.78 is 28.9. The number of nitrogens with zero attached hydrogens (tertiary/aromatic N) is 1. The molecule has 0 fully saturated rings. The molecule has 0 aliphatic rings. The Balaban J connectivity index is 2.15.